The van der Waals surface area contributed by atoms with Crippen molar-refractivity contribution in [3.63, 3.8) is 0 Å². The van der Waals surface area contributed by atoms with Gasteiger partial charge in [0, 0.05) is 43.3 Å². The highest BCUT2D eigenvalue weighted by molar-refractivity contribution is 9.10. The first-order valence-electron chi connectivity index (χ1n) is 9.96. The number of carbonyl (C=O) groups excluding carboxylic acids is 2. The zero-order valence-corrected chi connectivity index (χ0v) is 18.8. The number of rotatable bonds is 5. The van der Waals surface area contributed by atoms with E-state index in [1.807, 2.05) is 29.2 Å². The van der Waals surface area contributed by atoms with Crippen LogP contribution in [0.1, 0.15) is 36.1 Å². The van der Waals surface area contributed by atoms with Gasteiger partial charge in [-0.3, -0.25) is 9.59 Å². The molecule has 3 rings (SSSR count). The van der Waals surface area contributed by atoms with Crippen LogP contribution >= 0.6 is 15.9 Å². The van der Waals surface area contributed by atoms with E-state index in [1.165, 1.54) is 23.7 Å². The second-order valence-corrected chi connectivity index (χ2v) is 8.51. The molecule has 29 heavy (non-hydrogen) atoms. The first-order chi connectivity index (χ1) is 13.8. The molecule has 1 fully saturated rings. The molecule has 2 aromatic carbocycles. The molecule has 1 heterocycles. The molecule has 0 spiro atoms. The fourth-order valence-corrected chi connectivity index (χ4v) is 4.04. The lowest BCUT2D eigenvalue weighted by molar-refractivity contribution is -0.132. The van der Waals surface area contributed by atoms with Crippen molar-refractivity contribution in [3.8, 4) is 0 Å². The summed E-state index contributed by atoms with van der Waals surface area (Å²) in [5.41, 5.74) is 4.77. The Hall–Kier alpha value is -2.34. The van der Waals surface area contributed by atoms with Gasteiger partial charge in [0.15, 0.2) is 0 Å². The van der Waals surface area contributed by atoms with Gasteiger partial charge in [0.25, 0.3) is 0 Å². The summed E-state index contributed by atoms with van der Waals surface area (Å²) in [5, 5.41) is 2.92. The number of hydrogen-bond donors (Lipinski definition) is 1. The molecule has 1 atom stereocenters. The highest BCUT2D eigenvalue weighted by atomic mass is 79.9. The lowest BCUT2D eigenvalue weighted by Gasteiger charge is -2.37. The molecule has 1 aliphatic rings. The minimum Gasteiger partial charge on any atom is -0.368 e. The SMILES string of the molecule is CC(=O)NC(CC(=O)N1CCN(c2cccc(C)c2C)CC1)c1ccc(Br)cc1. The highest BCUT2D eigenvalue weighted by Crippen LogP contribution is 2.25. The van der Waals surface area contributed by atoms with E-state index in [2.05, 4.69) is 58.2 Å². The molecule has 5 nitrogen and oxygen atoms in total. The number of nitrogens with zero attached hydrogens (tertiary/aromatic N) is 2. The smallest absolute Gasteiger partial charge is 0.225 e. The van der Waals surface area contributed by atoms with Gasteiger partial charge in [0.05, 0.1) is 12.5 Å². The number of amides is 2. The summed E-state index contributed by atoms with van der Waals surface area (Å²) in [6.07, 6.45) is 0.269. The monoisotopic (exact) mass is 457 g/mol. The van der Waals surface area contributed by atoms with E-state index < -0.39 is 0 Å². The van der Waals surface area contributed by atoms with Gasteiger partial charge in [-0.2, -0.15) is 0 Å². The number of piperazine rings is 1. The molecule has 0 radical (unpaired) electrons. The maximum Gasteiger partial charge on any atom is 0.225 e. The standard InChI is InChI=1S/C23H28BrN3O2/c1-16-5-4-6-22(17(16)2)26-11-13-27(14-12-26)23(29)15-21(25-18(3)28)19-7-9-20(24)10-8-19/h4-10,21H,11-15H2,1-3H3,(H,25,28). The first kappa shape index (κ1) is 21.4. The molecule has 2 aromatic rings. The predicted octanol–water partition coefficient (Wildman–Crippen LogP) is 3.98. The minimum atomic E-state index is -0.315. The Morgan fingerprint density at radius 3 is 2.31 bits per heavy atom. The Kier molecular flexibility index (Phi) is 6.96. The number of aryl methyl sites for hydroxylation is 1. The zero-order chi connectivity index (χ0) is 21.0. The summed E-state index contributed by atoms with van der Waals surface area (Å²) in [6.45, 7) is 8.79. The maximum absolute atomic E-state index is 12.9. The Balaban J connectivity index is 1.63. The van der Waals surface area contributed by atoms with E-state index in [0.717, 1.165) is 23.1 Å². The summed E-state index contributed by atoms with van der Waals surface area (Å²) in [4.78, 5) is 28.9. The minimum absolute atomic E-state index is 0.0762. The Morgan fingerprint density at radius 2 is 1.69 bits per heavy atom. The van der Waals surface area contributed by atoms with Gasteiger partial charge in [-0.05, 0) is 48.7 Å². The Morgan fingerprint density at radius 1 is 1.03 bits per heavy atom. The van der Waals surface area contributed by atoms with Gasteiger partial charge in [-0.1, -0.05) is 40.2 Å². The van der Waals surface area contributed by atoms with Crippen LogP contribution in [-0.2, 0) is 9.59 Å². The van der Waals surface area contributed by atoms with Gasteiger partial charge in [0.1, 0.15) is 0 Å². The van der Waals surface area contributed by atoms with Crippen molar-refractivity contribution in [2.75, 3.05) is 31.1 Å². The number of anilines is 1. The van der Waals surface area contributed by atoms with Gasteiger partial charge < -0.3 is 15.1 Å². The molecule has 0 bridgehead atoms. The maximum atomic E-state index is 12.9. The topological polar surface area (TPSA) is 52.7 Å². The summed E-state index contributed by atoms with van der Waals surface area (Å²) in [5.74, 6) is -0.0576. The largest absolute Gasteiger partial charge is 0.368 e. The third kappa shape index (κ3) is 5.38. The average Bonchev–Trinajstić information content (AvgIpc) is 2.70. The van der Waals surface area contributed by atoms with Crippen LogP contribution in [0.25, 0.3) is 0 Å². The zero-order valence-electron chi connectivity index (χ0n) is 17.2. The number of nitrogens with one attached hydrogen (secondary N) is 1. The molecule has 0 aliphatic carbocycles. The third-order valence-electron chi connectivity index (χ3n) is 5.58. The molecule has 2 amide bonds. The van der Waals surface area contributed by atoms with E-state index in [0.29, 0.717) is 13.1 Å². The molecule has 1 aliphatic heterocycles. The highest BCUT2D eigenvalue weighted by Gasteiger charge is 2.25. The molecule has 0 saturated carbocycles. The van der Waals surface area contributed by atoms with Crippen LogP contribution in [0.3, 0.4) is 0 Å². The third-order valence-corrected chi connectivity index (χ3v) is 6.11. The van der Waals surface area contributed by atoms with Crippen molar-refractivity contribution in [2.45, 2.75) is 33.2 Å². The molecule has 1 N–H and O–H groups in total. The van der Waals surface area contributed by atoms with Gasteiger partial charge in [-0.15, -0.1) is 0 Å². The second-order valence-electron chi connectivity index (χ2n) is 7.60. The fraction of sp³-hybridized carbons (Fsp3) is 0.391. The van der Waals surface area contributed by atoms with Crippen LogP contribution in [-0.4, -0.2) is 42.9 Å². The van der Waals surface area contributed by atoms with E-state index in [-0.39, 0.29) is 24.3 Å². The summed E-state index contributed by atoms with van der Waals surface area (Å²) >= 11 is 3.43. The fourth-order valence-electron chi connectivity index (χ4n) is 3.77. The van der Waals surface area contributed by atoms with Gasteiger partial charge in [-0.25, -0.2) is 0 Å². The number of hydrogen-bond acceptors (Lipinski definition) is 3. The van der Waals surface area contributed by atoms with Gasteiger partial charge >= 0.3 is 0 Å². The Labute approximate surface area is 181 Å². The van der Waals surface area contributed by atoms with Crippen LogP contribution in [0.5, 0.6) is 0 Å². The van der Waals surface area contributed by atoms with E-state index in [4.69, 9.17) is 0 Å². The van der Waals surface area contributed by atoms with E-state index in [9.17, 15) is 9.59 Å². The van der Waals surface area contributed by atoms with Crippen LogP contribution in [0.4, 0.5) is 5.69 Å². The summed E-state index contributed by atoms with van der Waals surface area (Å²) in [6, 6.07) is 13.8. The molecule has 1 unspecified atom stereocenters. The summed E-state index contributed by atoms with van der Waals surface area (Å²) < 4.78 is 0.969. The molecular weight excluding hydrogens is 430 g/mol. The quantitative estimate of drug-likeness (QED) is 0.738. The van der Waals surface area contributed by atoms with Crippen LogP contribution in [0.2, 0.25) is 0 Å². The molecular formula is C23H28BrN3O2. The molecule has 6 heteroatoms. The lowest BCUT2D eigenvalue weighted by atomic mass is 10.0. The molecule has 0 aromatic heterocycles. The van der Waals surface area contributed by atoms with Crippen LogP contribution in [0.15, 0.2) is 46.9 Å². The van der Waals surface area contributed by atoms with Crippen molar-refractivity contribution >= 4 is 33.4 Å². The van der Waals surface area contributed by atoms with Crippen molar-refractivity contribution in [1.29, 1.82) is 0 Å². The normalized spacial score (nSPS) is 15.2. The van der Waals surface area contributed by atoms with Gasteiger partial charge in [0.2, 0.25) is 11.8 Å². The van der Waals surface area contributed by atoms with Crippen molar-refractivity contribution in [1.82, 2.24) is 10.2 Å². The Bertz CT molecular complexity index is 874. The van der Waals surface area contributed by atoms with Crippen molar-refractivity contribution in [2.24, 2.45) is 0 Å². The van der Waals surface area contributed by atoms with E-state index >= 15 is 0 Å². The second kappa shape index (κ2) is 9.44. The first-order valence-corrected chi connectivity index (χ1v) is 10.8. The number of benzene rings is 2. The number of carbonyl (C=O) groups is 2. The predicted molar refractivity (Wildman–Crippen MR) is 120 cm³/mol. The molecule has 154 valence electrons. The molecule has 1 saturated heterocycles. The lowest BCUT2D eigenvalue weighted by Crippen LogP contribution is -2.49. The van der Waals surface area contributed by atoms with Crippen LogP contribution < -0.4 is 10.2 Å². The van der Waals surface area contributed by atoms with Crippen molar-refractivity contribution in [3.05, 3.63) is 63.6 Å². The van der Waals surface area contributed by atoms with E-state index in [1.54, 1.807) is 0 Å². The number of halogens is 1. The van der Waals surface area contributed by atoms with Crippen molar-refractivity contribution < 1.29 is 9.59 Å². The summed E-state index contributed by atoms with van der Waals surface area (Å²) in [7, 11) is 0. The van der Waals surface area contributed by atoms with Crippen LogP contribution in [0, 0.1) is 13.8 Å². The average molecular weight is 458 g/mol.